The van der Waals surface area contributed by atoms with Gasteiger partial charge in [-0.05, 0) is 19.8 Å². The second kappa shape index (κ2) is 6.26. The quantitative estimate of drug-likeness (QED) is 0.858. The molecule has 0 fully saturated rings. The van der Waals surface area contributed by atoms with Gasteiger partial charge in [0.05, 0.1) is 5.69 Å². The molecule has 0 spiro atoms. The van der Waals surface area contributed by atoms with E-state index in [1.807, 2.05) is 6.92 Å². The van der Waals surface area contributed by atoms with Crippen LogP contribution in [-0.2, 0) is 11.3 Å². The third-order valence-corrected chi connectivity index (χ3v) is 3.15. The van der Waals surface area contributed by atoms with Crippen molar-refractivity contribution in [3.05, 3.63) is 17.7 Å². The summed E-state index contributed by atoms with van der Waals surface area (Å²) in [4.78, 5) is 15.6. The number of hydrogen-bond acceptors (Lipinski definition) is 2. The number of carbonyl (C=O) groups is 1. The van der Waals surface area contributed by atoms with Crippen molar-refractivity contribution >= 4 is 29.9 Å². The molecular weight excluding hydrogens is 261 g/mol. The number of rotatable bonds is 3. The summed E-state index contributed by atoms with van der Waals surface area (Å²) in [7, 11) is 0. The van der Waals surface area contributed by atoms with Crippen LogP contribution in [0.25, 0.3) is 0 Å². The van der Waals surface area contributed by atoms with Gasteiger partial charge in [0.25, 0.3) is 0 Å². The van der Waals surface area contributed by atoms with E-state index in [1.165, 1.54) is 0 Å². The molecule has 0 aliphatic carbocycles. The Morgan fingerprint density at radius 2 is 2.47 bits per heavy atom. The fourth-order valence-electron chi connectivity index (χ4n) is 2.19. The maximum Gasteiger partial charge on any atom is 0.234 e. The SMILES string of the molecule is Cc1cn2c(n1)C(CNC(=O)CCl)CCC2.Cl. The van der Waals surface area contributed by atoms with Crippen molar-refractivity contribution in [1.82, 2.24) is 14.9 Å². The average molecular weight is 278 g/mol. The first kappa shape index (κ1) is 14.3. The minimum absolute atomic E-state index is 0. The van der Waals surface area contributed by atoms with Gasteiger partial charge in [0.2, 0.25) is 5.91 Å². The van der Waals surface area contributed by atoms with E-state index in [-0.39, 0.29) is 24.2 Å². The van der Waals surface area contributed by atoms with E-state index in [1.54, 1.807) is 0 Å². The Bertz CT molecular complexity index is 392. The van der Waals surface area contributed by atoms with E-state index >= 15 is 0 Å². The summed E-state index contributed by atoms with van der Waals surface area (Å²) in [6.45, 7) is 3.68. The van der Waals surface area contributed by atoms with E-state index in [0.717, 1.165) is 30.9 Å². The zero-order chi connectivity index (χ0) is 11.5. The zero-order valence-corrected chi connectivity index (χ0v) is 11.4. The van der Waals surface area contributed by atoms with E-state index < -0.39 is 0 Å². The smallest absolute Gasteiger partial charge is 0.234 e. The Morgan fingerprint density at radius 1 is 1.71 bits per heavy atom. The number of halogens is 2. The van der Waals surface area contributed by atoms with Gasteiger partial charge in [0.1, 0.15) is 11.7 Å². The molecular formula is C11H17Cl2N3O. The maximum absolute atomic E-state index is 11.1. The second-order valence-corrected chi connectivity index (χ2v) is 4.48. The highest BCUT2D eigenvalue weighted by atomic mass is 35.5. The number of nitrogens with zero attached hydrogens (tertiary/aromatic N) is 2. The molecule has 1 N–H and O–H groups in total. The van der Waals surface area contributed by atoms with Gasteiger partial charge in [0.15, 0.2) is 0 Å². The molecule has 1 atom stereocenters. The molecule has 0 aromatic carbocycles. The molecule has 0 radical (unpaired) electrons. The van der Waals surface area contributed by atoms with Gasteiger partial charge in [-0.2, -0.15) is 0 Å². The minimum Gasteiger partial charge on any atom is -0.354 e. The van der Waals surface area contributed by atoms with Crippen LogP contribution in [0.5, 0.6) is 0 Å². The molecule has 1 amide bonds. The van der Waals surface area contributed by atoms with E-state index in [0.29, 0.717) is 12.5 Å². The van der Waals surface area contributed by atoms with Crippen molar-refractivity contribution in [1.29, 1.82) is 0 Å². The third-order valence-electron chi connectivity index (χ3n) is 2.91. The summed E-state index contributed by atoms with van der Waals surface area (Å²) >= 11 is 5.44. The van der Waals surface area contributed by atoms with E-state index in [9.17, 15) is 4.79 Å². The van der Waals surface area contributed by atoms with E-state index in [2.05, 4.69) is 21.1 Å². The second-order valence-electron chi connectivity index (χ2n) is 4.21. The number of imidazole rings is 1. The highest BCUT2D eigenvalue weighted by Crippen LogP contribution is 2.25. The number of aryl methyl sites for hydroxylation is 2. The first-order valence-corrected chi connectivity index (χ1v) is 6.10. The molecule has 6 heteroatoms. The lowest BCUT2D eigenvalue weighted by Gasteiger charge is -2.23. The number of nitrogens with one attached hydrogen (secondary N) is 1. The Balaban J connectivity index is 0.00000144. The fraction of sp³-hybridized carbons (Fsp3) is 0.636. The number of carbonyl (C=O) groups excluding carboxylic acids is 1. The van der Waals surface area contributed by atoms with Crippen molar-refractivity contribution in [2.45, 2.75) is 32.2 Å². The highest BCUT2D eigenvalue weighted by molar-refractivity contribution is 6.27. The summed E-state index contributed by atoms with van der Waals surface area (Å²) in [5.74, 6) is 1.34. The van der Waals surface area contributed by atoms with Crippen molar-refractivity contribution < 1.29 is 4.79 Å². The molecule has 1 aromatic rings. The third kappa shape index (κ3) is 3.36. The molecule has 1 unspecified atom stereocenters. The van der Waals surface area contributed by atoms with Crippen molar-refractivity contribution in [2.75, 3.05) is 12.4 Å². The summed E-state index contributed by atoms with van der Waals surface area (Å²) in [5, 5.41) is 2.83. The van der Waals surface area contributed by atoms with Crippen molar-refractivity contribution in [2.24, 2.45) is 0 Å². The number of hydrogen-bond donors (Lipinski definition) is 1. The first-order valence-electron chi connectivity index (χ1n) is 5.57. The lowest BCUT2D eigenvalue weighted by molar-refractivity contribution is -0.118. The Kier molecular flexibility index (Phi) is 5.28. The summed E-state index contributed by atoms with van der Waals surface area (Å²) < 4.78 is 2.19. The fourth-order valence-corrected chi connectivity index (χ4v) is 2.28. The van der Waals surface area contributed by atoms with Gasteiger partial charge in [-0.3, -0.25) is 4.79 Å². The molecule has 0 bridgehead atoms. The van der Waals surface area contributed by atoms with Gasteiger partial charge in [-0.15, -0.1) is 24.0 Å². The van der Waals surface area contributed by atoms with Gasteiger partial charge in [-0.1, -0.05) is 0 Å². The van der Waals surface area contributed by atoms with Crippen LogP contribution in [-0.4, -0.2) is 27.9 Å². The van der Waals surface area contributed by atoms with Crippen molar-refractivity contribution in [3.63, 3.8) is 0 Å². The monoisotopic (exact) mass is 277 g/mol. The average Bonchev–Trinajstić information content (AvgIpc) is 2.66. The van der Waals surface area contributed by atoms with Crippen LogP contribution >= 0.6 is 24.0 Å². The van der Waals surface area contributed by atoms with Crippen LogP contribution in [0.1, 0.15) is 30.3 Å². The Morgan fingerprint density at radius 3 is 3.18 bits per heavy atom. The number of fused-ring (bicyclic) bond motifs is 1. The van der Waals surface area contributed by atoms with E-state index in [4.69, 9.17) is 11.6 Å². The molecule has 96 valence electrons. The lowest BCUT2D eigenvalue weighted by Crippen LogP contribution is -2.31. The molecule has 1 aromatic heterocycles. The van der Waals surface area contributed by atoms with Gasteiger partial charge < -0.3 is 9.88 Å². The minimum atomic E-state index is -0.109. The van der Waals surface area contributed by atoms with Crippen LogP contribution < -0.4 is 5.32 Å². The molecule has 1 aliphatic rings. The highest BCUT2D eigenvalue weighted by Gasteiger charge is 2.22. The predicted octanol–water partition coefficient (Wildman–Crippen LogP) is 1.85. The van der Waals surface area contributed by atoms with Gasteiger partial charge in [-0.25, -0.2) is 4.98 Å². The number of amides is 1. The van der Waals surface area contributed by atoms with Crippen LogP contribution in [0.2, 0.25) is 0 Å². The normalized spacial score (nSPS) is 18.1. The molecule has 17 heavy (non-hydrogen) atoms. The molecule has 1 aliphatic heterocycles. The summed E-state index contributed by atoms with van der Waals surface area (Å²) in [6, 6.07) is 0. The van der Waals surface area contributed by atoms with Crippen LogP contribution in [0.4, 0.5) is 0 Å². The number of alkyl halides is 1. The summed E-state index contributed by atoms with van der Waals surface area (Å²) in [5.41, 5.74) is 1.05. The van der Waals surface area contributed by atoms with Crippen LogP contribution in [0, 0.1) is 6.92 Å². The van der Waals surface area contributed by atoms with Gasteiger partial charge in [0, 0.05) is 25.2 Å². The lowest BCUT2D eigenvalue weighted by atomic mass is 9.99. The molecule has 4 nitrogen and oxygen atoms in total. The topological polar surface area (TPSA) is 46.9 Å². The Labute approximate surface area is 112 Å². The Hall–Kier alpha value is -0.740. The largest absolute Gasteiger partial charge is 0.354 e. The van der Waals surface area contributed by atoms with Crippen LogP contribution in [0.15, 0.2) is 6.20 Å². The van der Waals surface area contributed by atoms with Crippen LogP contribution in [0.3, 0.4) is 0 Å². The molecule has 2 rings (SSSR count). The van der Waals surface area contributed by atoms with Crippen molar-refractivity contribution in [3.8, 4) is 0 Å². The molecule has 0 saturated heterocycles. The maximum atomic E-state index is 11.1. The summed E-state index contributed by atoms with van der Waals surface area (Å²) in [6.07, 6.45) is 4.30. The van der Waals surface area contributed by atoms with Gasteiger partial charge >= 0.3 is 0 Å². The molecule has 0 saturated carbocycles. The number of aromatic nitrogens is 2. The standard InChI is InChI=1S/C11H16ClN3O.ClH/c1-8-7-15-4-2-3-9(11(15)14-8)6-13-10(16)5-12;/h7,9H,2-6H2,1H3,(H,13,16);1H. The predicted molar refractivity (Wildman–Crippen MR) is 69.9 cm³/mol. The first-order chi connectivity index (χ1) is 7.70. The molecule has 2 heterocycles. The zero-order valence-electron chi connectivity index (χ0n) is 9.78.